The molecule has 168 valence electrons. The molecule has 0 saturated carbocycles. The Bertz CT molecular complexity index is 1130. The van der Waals surface area contributed by atoms with Gasteiger partial charge in [0.25, 0.3) is 11.5 Å². The van der Waals surface area contributed by atoms with Gasteiger partial charge in [0.05, 0.1) is 19.3 Å². The third kappa shape index (κ3) is 5.92. The van der Waals surface area contributed by atoms with E-state index in [1.807, 2.05) is 30.3 Å². The van der Waals surface area contributed by atoms with Gasteiger partial charge in [-0.05, 0) is 31.5 Å². The summed E-state index contributed by atoms with van der Waals surface area (Å²) in [6.45, 7) is 3.68. The molecule has 8 nitrogen and oxygen atoms in total. The molecule has 2 aromatic carbocycles. The fourth-order valence-electron chi connectivity index (χ4n) is 2.97. The van der Waals surface area contributed by atoms with Crippen LogP contribution in [0, 0.1) is 5.82 Å². The summed E-state index contributed by atoms with van der Waals surface area (Å²) in [6.07, 6.45) is 1.22. The summed E-state index contributed by atoms with van der Waals surface area (Å²) < 4.78 is 21.4. The lowest BCUT2D eigenvalue weighted by Gasteiger charge is -2.16. The van der Waals surface area contributed by atoms with E-state index < -0.39 is 17.3 Å². The molecule has 9 heteroatoms. The molecule has 0 aliphatic carbocycles. The van der Waals surface area contributed by atoms with E-state index >= 15 is 0 Å². The summed E-state index contributed by atoms with van der Waals surface area (Å²) in [7, 11) is 0. The smallest absolute Gasteiger partial charge is 0.287 e. The van der Waals surface area contributed by atoms with Crippen molar-refractivity contribution in [1.82, 2.24) is 14.9 Å². The predicted octanol–water partition coefficient (Wildman–Crippen LogP) is 2.68. The Morgan fingerprint density at radius 2 is 1.97 bits per heavy atom. The number of benzene rings is 2. The minimum Gasteiger partial charge on any atom is -0.488 e. The van der Waals surface area contributed by atoms with Gasteiger partial charge in [0.2, 0.25) is 5.95 Å². The van der Waals surface area contributed by atoms with E-state index in [9.17, 15) is 14.0 Å². The Kier molecular flexibility index (Phi) is 7.56. The van der Waals surface area contributed by atoms with Crippen LogP contribution in [0.5, 0.6) is 5.75 Å². The van der Waals surface area contributed by atoms with Gasteiger partial charge < -0.3 is 25.0 Å². The molecule has 0 radical (unpaired) electrons. The lowest BCUT2D eigenvalue weighted by Crippen LogP contribution is -2.33. The zero-order valence-corrected chi connectivity index (χ0v) is 17.8. The van der Waals surface area contributed by atoms with Crippen LogP contribution in [0.15, 0.2) is 59.5 Å². The number of hydrogen-bond donors (Lipinski definition) is 3. The number of nitrogens with one attached hydrogen (secondary N) is 2. The molecule has 3 rings (SSSR count). The van der Waals surface area contributed by atoms with Crippen LogP contribution in [0.3, 0.4) is 0 Å². The Morgan fingerprint density at radius 1 is 1.22 bits per heavy atom. The lowest BCUT2D eigenvalue weighted by atomic mass is 10.2. The normalized spacial score (nSPS) is 10.8. The van der Waals surface area contributed by atoms with Crippen LogP contribution in [0.4, 0.5) is 16.0 Å². The highest BCUT2D eigenvalue weighted by Crippen LogP contribution is 2.24. The van der Waals surface area contributed by atoms with Crippen molar-refractivity contribution in [2.75, 3.05) is 18.5 Å². The SMILES string of the molecule is CC(C)Oc1ccc(Nc2nc(=O)c(C(=O)NCCO)cn2Cc2ccccc2)cc1F. The van der Waals surface area contributed by atoms with E-state index in [4.69, 9.17) is 9.84 Å². The van der Waals surface area contributed by atoms with Crippen molar-refractivity contribution in [3.63, 3.8) is 0 Å². The minimum atomic E-state index is -0.743. The zero-order chi connectivity index (χ0) is 23.1. The van der Waals surface area contributed by atoms with Crippen LogP contribution >= 0.6 is 0 Å². The van der Waals surface area contributed by atoms with E-state index in [0.29, 0.717) is 12.2 Å². The van der Waals surface area contributed by atoms with E-state index in [-0.39, 0.29) is 36.5 Å². The Balaban J connectivity index is 1.96. The first-order chi connectivity index (χ1) is 15.4. The first-order valence-corrected chi connectivity index (χ1v) is 10.1. The van der Waals surface area contributed by atoms with Crippen molar-refractivity contribution < 1.29 is 19.0 Å². The number of hydrogen-bond acceptors (Lipinski definition) is 6. The van der Waals surface area contributed by atoms with Crippen molar-refractivity contribution in [2.45, 2.75) is 26.5 Å². The average molecular weight is 440 g/mol. The van der Waals surface area contributed by atoms with Crippen molar-refractivity contribution in [3.05, 3.63) is 82.0 Å². The molecule has 0 aliphatic heterocycles. The van der Waals surface area contributed by atoms with Crippen LogP contribution in [-0.4, -0.2) is 39.8 Å². The largest absolute Gasteiger partial charge is 0.488 e. The van der Waals surface area contributed by atoms with Gasteiger partial charge in [-0.25, -0.2) is 4.39 Å². The molecule has 0 aliphatic rings. The number of aromatic nitrogens is 2. The first kappa shape index (κ1) is 23.0. The second-order valence-corrected chi connectivity index (χ2v) is 7.31. The molecule has 32 heavy (non-hydrogen) atoms. The summed E-state index contributed by atoms with van der Waals surface area (Å²) in [5.74, 6) is -0.919. The summed E-state index contributed by atoms with van der Waals surface area (Å²) in [4.78, 5) is 28.8. The van der Waals surface area contributed by atoms with E-state index in [0.717, 1.165) is 5.56 Å². The van der Waals surface area contributed by atoms with Gasteiger partial charge in [-0.1, -0.05) is 30.3 Å². The van der Waals surface area contributed by atoms with Gasteiger partial charge in [-0.15, -0.1) is 0 Å². The molecule has 0 bridgehead atoms. The average Bonchev–Trinajstić information content (AvgIpc) is 2.76. The molecular formula is C23H25FN4O4. The summed E-state index contributed by atoms with van der Waals surface area (Å²) in [6, 6.07) is 13.8. The van der Waals surface area contributed by atoms with Gasteiger partial charge >= 0.3 is 0 Å². The predicted molar refractivity (Wildman–Crippen MR) is 119 cm³/mol. The molecule has 0 spiro atoms. The maximum absolute atomic E-state index is 14.4. The maximum Gasteiger partial charge on any atom is 0.287 e. The molecule has 1 aromatic heterocycles. The molecule has 0 atom stereocenters. The third-order valence-corrected chi connectivity index (χ3v) is 4.38. The van der Waals surface area contributed by atoms with Gasteiger partial charge in [0.15, 0.2) is 11.6 Å². The molecule has 0 unspecified atom stereocenters. The van der Waals surface area contributed by atoms with Crippen LogP contribution in [-0.2, 0) is 6.54 Å². The standard InChI is InChI=1S/C23H25FN4O4/c1-15(2)32-20-9-8-17(12-19(20)24)26-23-27-22(31)18(21(30)25-10-11-29)14-28(23)13-16-6-4-3-5-7-16/h3-9,12,14-15,29H,10-11,13H2,1-2H3,(H,25,30)(H,26,27,31). The topological polar surface area (TPSA) is 105 Å². The highest BCUT2D eigenvalue weighted by molar-refractivity contribution is 5.93. The third-order valence-electron chi connectivity index (χ3n) is 4.38. The van der Waals surface area contributed by atoms with Crippen molar-refractivity contribution in [2.24, 2.45) is 0 Å². The highest BCUT2D eigenvalue weighted by atomic mass is 19.1. The number of aliphatic hydroxyl groups excluding tert-OH is 1. The van der Waals surface area contributed by atoms with Crippen LogP contribution in [0.25, 0.3) is 0 Å². The fourth-order valence-corrected chi connectivity index (χ4v) is 2.97. The van der Waals surface area contributed by atoms with Crippen LogP contribution < -0.4 is 20.9 Å². The molecular weight excluding hydrogens is 415 g/mol. The Labute approximate surface area is 184 Å². The monoisotopic (exact) mass is 440 g/mol. The van der Waals surface area contributed by atoms with E-state index in [1.165, 1.54) is 18.3 Å². The molecule has 0 fully saturated rings. The maximum atomic E-state index is 14.4. The molecule has 3 aromatic rings. The summed E-state index contributed by atoms with van der Waals surface area (Å²) in [5.41, 5.74) is 0.374. The van der Waals surface area contributed by atoms with Gasteiger partial charge in [-0.2, -0.15) is 4.98 Å². The van der Waals surface area contributed by atoms with Crippen molar-refractivity contribution in [1.29, 1.82) is 0 Å². The van der Waals surface area contributed by atoms with Crippen LogP contribution in [0.2, 0.25) is 0 Å². The highest BCUT2D eigenvalue weighted by Gasteiger charge is 2.16. The summed E-state index contributed by atoms with van der Waals surface area (Å²) >= 11 is 0. The minimum absolute atomic E-state index is 0.0149. The van der Waals surface area contributed by atoms with Crippen molar-refractivity contribution in [3.8, 4) is 5.75 Å². The van der Waals surface area contributed by atoms with Crippen molar-refractivity contribution >= 4 is 17.5 Å². The number of nitrogens with zero attached hydrogens (tertiary/aromatic N) is 2. The quantitative estimate of drug-likeness (QED) is 0.473. The lowest BCUT2D eigenvalue weighted by molar-refractivity contribution is 0.0942. The number of aliphatic hydroxyl groups is 1. The van der Waals surface area contributed by atoms with Gasteiger partial charge in [0, 0.05) is 24.5 Å². The number of ether oxygens (including phenoxy) is 1. The summed E-state index contributed by atoms with van der Waals surface area (Å²) in [5, 5.41) is 14.3. The number of amides is 1. The fraction of sp³-hybridized carbons (Fsp3) is 0.261. The first-order valence-electron chi connectivity index (χ1n) is 10.1. The molecule has 3 N–H and O–H groups in total. The van der Waals surface area contributed by atoms with E-state index in [2.05, 4.69) is 15.6 Å². The zero-order valence-electron chi connectivity index (χ0n) is 17.8. The Hall–Kier alpha value is -3.72. The second kappa shape index (κ2) is 10.5. The Morgan fingerprint density at radius 3 is 2.62 bits per heavy atom. The van der Waals surface area contributed by atoms with E-state index in [1.54, 1.807) is 24.5 Å². The second-order valence-electron chi connectivity index (χ2n) is 7.31. The van der Waals surface area contributed by atoms with Gasteiger partial charge in [-0.3, -0.25) is 9.59 Å². The van der Waals surface area contributed by atoms with Gasteiger partial charge in [0.1, 0.15) is 5.56 Å². The van der Waals surface area contributed by atoms with Crippen LogP contribution in [0.1, 0.15) is 29.8 Å². The molecule has 1 amide bonds. The number of carbonyl (C=O) groups excluding carboxylic acids is 1. The number of halogens is 1. The number of carbonyl (C=O) groups is 1. The molecule has 0 saturated heterocycles. The number of anilines is 2. The molecule has 1 heterocycles. The number of rotatable bonds is 9.